The van der Waals surface area contributed by atoms with Crippen molar-refractivity contribution in [2.24, 2.45) is 0 Å². The van der Waals surface area contributed by atoms with E-state index in [1.807, 2.05) is 66.9 Å². The summed E-state index contributed by atoms with van der Waals surface area (Å²) in [6.07, 6.45) is 5.06. The van der Waals surface area contributed by atoms with Crippen LogP contribution in [-0.2, 0) is 6.54 Å². The molecule has 0 radical (unpaired) electrons. The molecule has 0 aliphatic heterocycles. The molecule has 0 saturated carbocycles. The minimum absolute atomic E-state index is 0.222. The number of aromatic nitrogens is 3. The molecule has 0 aliphatic carbocycles. The first-order chi connectivity index (χ1) is 14.8. The molecule has 0 aliphatic rings. The second kappa shape index (κ2) is 7.67. The van der Waals surface area contributed by atoms with Crippen LogP contribution >= 0.6 is 0 Å². The smallest absolute Gasteiger partial charge is 0.256 e. The molecule has 5 aromatic rings. The van der Waals surface area contributed by atoms with Gasteiger partial charge in [-0.05, 0) is 29.8 Å². The third-order valence-electron chi connectivity index (χ3n) is 4.81. The lowest BCUT2D eigenvalue weighted by Crippen LogP contribution is -2.12. The highest BCUT2D eigenvalue weighted by Gasteiger charge is 2.16. The summed E-state index contributed by atoms with van der Waals surface area (Å²) in [4.78, 5) is 17.7. The highest BCUT2D eigenvalue weighted by Crippen LogP contribution is 2.26. The van der Waals surface area contributed by atoms with Crippen LogP contribution in [0.3, 0.4) is 0 Å². The minimum Gasteiger partial charge on any atom is -0.463 e. The number of carbonyl (C=O) groups is 1. The zero-order chi connectivity index (χ0) is 20.3. The number of nitrogens with zero attached hydrogens (tertiary/aromatic N) is 3. The third-order valence-corrected chi connectivity index (χ3v) is 4.81. The maximum absolute atomic E-state index is 13.1. The lowest BCUT2D eigenvalue weighted by atomic mass is 10.1. The average Bonchev–Trinajstić information content (AvgIpc) is 3.46. The number of amides is 1. The molecule has 0 fully saturated rings. The topological polar surface area (TPSA) is 73.0 Å². The van der Waals surface area contributed by atoms with E-state index in [2.05, 4.69) is 15.4 Å². The van der Waals surface area contributed by atoms with Gasteiger partial charge in [-0.2, -0.15) is 5.10 Å². The van der Waals surface area contributed by atoms with E-state index in [0.29, 0.717) is 29.2 Å². The summed E-state index contributed by atoms with van der Waals surface area (Å²) in [7, 11) is 0. The van der Waals surface area contributed by atoms with Gasteiger partial charge in [-0.1, -0.05) is 48.5 Å². The molecule has 3 heterocycles. The fourth-order valence-electron chi connectivity index (χ4n) is 3.40. The molecule has 0 saturated heterocycles. The average molecular weight is 394 g/mol. The Kier molecular flexibility index (Phi) is 4.57. The number of furan rings is 1. The summed E-state index contributed by atoms with van der Waals surface area (Å²) in [5.41, 5.74) is 3.65. The number of fused-ring (bicyclic) bond motifs is 1. The van der Waals surface area contributed by atoms with Gasteiger partial charge < -0.3 is 9.73 Å². The number of nitrogens with one attached hydrogen (secondary N) is 1. The number of anilines is 1. The molecule has 5 rings (SSSR count). The van der Waals surface area contributed by atoms with Gasteiger partial charge >= 0.3 is 0 Å². The molecule has 0 bridgehead atoms. The maximum Gasteiger partial charge on any atom is 0.256 e. The zero-order valence-electron chi connectivity index (χ0n) is 16.0. The molecule has 0 atom stereocenters. The van der Waals surface area contributed by atoms with Crippen LogP contribution in [0.5, 0.6) is 0 Å². The van der Waals surface area contributed by atoms with Gasteiger partial charge in [0.2, 0.25) is 0 Å². The quantitative estimate of drug-likeness (QED) is 0.456. The first-order valence-corrected chi connectivity index (χ1v) is 9.58. The number of hydrogen-bond donors (Lipinski definition) is 1. The SMILES string of the molecule is O=C(Nc1cnn(Cc2ccccc2)c1)c1cc(-c2ccco2)nc2ccccc12. The number of carbonyl (C=O) groups excluding carboxylic acids is 1. The van der Waals surface area contributed by atoms with Crippen molar-refractivity contribution in [3.05, 3.63) is 103 Å². The lowest BCUT2D eigenvalue weighted by Gasteiger charge is -2.08. The number of hydrogen-bond acceptors (Lipinski definition) is 4. The Morgan fingerprint density at radius 3 is 2.67 bits per heavy atom. The summed E-state index contributed by atoms with van der Waals surface area (Å²) >= 11 is 0. The van der Waals surface area contributed by atoms with Crippen LogP contribution in [-0.4, -0.2) is 20.7 Å². The number of para-hydroxylation sites is 1. The first-order valence-electron chi connectivity index (χ1n) is 9.58. The number of benzene rings is 2. The van der Waals surface area contributed by atoms with Crippen LogP contribution in [0.25, 0.3) is 22.4 Å². The van der Waals surface area contributed by atoms with Crippen molar-refractivity contribution in [3.8, 4) is 11.5 Å². The molecule has 0 spiro atoms. The Morgan fingerprint density at radius 1 is 1.00 bits per heavy atom. The standard InChI is InChI=1S/C24H18N4O2/c29-24(26-18-14-25-28(16-18)15-17-7-2-1-3-8-17)20-13-22(23-11-6-12-30-23)27-21-10-5-4-9-19(20)21/h1-14,16H,15H2,(H,26,29). The third kappa shape index (κ3) is 3.58. The van der Waals surface area contributed by atoms with Crippen LogP contribution in [0.4, 0.5) is 5.69 Å². The van der Waals surface area contributed by atoms with E-state index in [9.17, 15) is 4.79 Å². The molecule has 6 heteroatoms. The largest absolute Gasteiger partial charge is 0.463 e. The zero-order valence-corrected chi connectivity index (χ0v) is 16.0. The molecule has 2 aromatic carbocycles. The van der Waals surface area contributed by atoms with Crippen LogP contribution < -0.4 is 5.32 Å². The van der Waals surface area contributed by atoms with Crippen molar-refractivity contribution in [2.75, 3.05) is 5.32 Å². The summed E-state index contributed by atoms with van der Waals surface area (Å²) in [6, 6.07) is 23.0. The number of pyridine rings is 1. The van der Waals surface area contributed by atoms with E-state index < -0.39 is 0 Å². The predicted octanol–water partition coefficient (Wildman–Crippen LogP) is 4.99. The molecular formula is C24H18N4O2. The van der Waals surface area contributed by atoms with E-state index in [-0.39, 0.29) is 5.91 Å². The molecule has 30 heavy (non-hydrogen) atoms. The number of rotatable bonds is 5. The first kappa shape index (κ1) is 17.9. The van der Waals surface area contributed by atoms with Crippen LogP contribution in [0, 0.1) is 0 Å². The second-order valence-electron chi connectivity index (χ2n) is 6.92. The van der Waals surface area contributed by atoms with Crippen molar-refractivity contribution >= 4 is 22.5 Å². The Morgan fingerprint density at radius 2 is 1.83 bits per heavy atom. The normalized spacial score (nSPS) is 10.9. The van der Waals surface area contributed by atoms with Gasteiger partial charge in [-0.3, -0.25) is 9.48 Å². The van der Waals surface area contributed by atoms with Gasteiger partial charge in [0.05, 0.1) is 35.8 Å². The summed E-state index contributed by atoms with van der Waals surface area (Å²) in [5, 5.41) is 8.08. The van der Waals surface area contributed by atoms with Crippen molar-refractivity contribution in [1.82, 2.24) is 14.8 Å². The van der Waals surface area contributed by atoms with E-state index in [1.165, 1.54) is 0 Å². The predicted molar refractivity (Wildman–Crippen MR) is 115 cm³/mol. The second-order valence-corrected chi connectivity index (χ2v) is 6.92. The van der Waals surface area contributed by atoms with E-state index >= 15 is 0 Å². The highest BCUT2D eigenvalue weighted by molar-refractivity contribution is 6.13. The van der Waals surface area contributed by atoms with Crippen molar-refractivity contribution in [1.29, 1.82) is 0 Å². The van der Waals surface area contributed by atoms with Gasteiger partial charge in [0, 0.05) is 11.6 Å². The van der Waals surface area contributed by atoms with Gasteiger partial charge in [0.1, 0.15) is 5.69 Å². The maximum atomic E-state index is 13.1. The molecule has 6 nitrogen and oxygen atoms in total. The van der Waals surface area contributed by atoms with Gasteiger partial charge in [0.25, 0.3) is 5.91 Å². The van der Waals surface area contributed by atoms with Crippen molar-refractivity contribution < 1.29 is 9.21 Å². The highest BCUT2D eigenvalue weighted by atomic mass is 16.3. The van der Waals surface area contributed by atoms with Crippen LogP contribution in [0.2, 0.25) is 0 Å². The summed E-state index contributed by atoms with van der Waals surface area (Å²) < 4.78 is 7.27. The fraction of sp³-hybridized carbons (Fsp3) is 0.0417. The minimum atomic E-state index is -0.222. The monoisotopic (exact) mass is 394 g/mol. The van der Waals surface area contributed by atoms with E-state index in [0.717, 1.165) is 16.5 Å². The lowest BCUT2D eigenvalue weighted by molar-refractivity contribution is 0.102. The van der Waals surface area contributed by atoms with Gasteiger partial charge in [0.15, 0.2) is 5.76 Å². The molecule has 1 amide bonds. The molecule has 146 valence electrons. The Bertz CT molecular complexity index is 1310. The Hall–Kier alpha value is -4.19. The van der Waals surface area contributed by atoms with Gasteiger partial charge in [-0.15, -0.1) is 0 Å². The van der Waals surface area contributed by atoms with Crippen molar-refractivity contribution in [2.45, 2.75) is 6.54 Å². The summed E-state index contributed by atoms with van der Waals surface area (Å²) in [6.45, 7) is 0.636. The molecule has 3 aromatic heterocycles. The van der Waals surface area contributed by atoms with E-state index in [1.54, 1.807) is 29.3 Å². The summed E-state index contributed by atoms with van der Waals surface area (Å²) in [5.74, 6) is 0.395. The molecule has 0 unspecified atom stereocenters. The molecular weight excluding hydrogens is 376 g/mol. The van der Waals surface area contributed by atoms with Crippen LogP contribution in [0.1, 0.15) is 15.9 Å². The van der Waals surface area contributed by atoms with Gasteiger partial charge in [-0.25, -0.2) is 4.98 Å². The van der Waals surface area contributed by atoms with Crippen LogP contribution in [0.15, 0.2) is 95.9 Å². The van der Waals surface area contributed by atoms with E-state index in [4.69, 9.17) is 4.42 Å². The van der Waals surface area contributed by atoms with Crippen molar-refractivity contribution in [3.63, 3.8) is 0 Å². The Balaban J connectivity index is 1.44. The fourth-order valence-corrected chi connectivity index (χ4v) is 3.40. The Labute approximate surface area is 172 Å². The molecule has 1 N–H and O–H groups in total.